The van der Waals surface area contributed by atoms with Gasteiger partial charge in [0.05, 0.1) is 21.5 Å². The number of halogens is 8. The summed E-state index contributed by atoms with van der Waals surface area (Å²) in [5.74, 6) is -1.69. The first-order valence-electron chi connectivity index (χ1n) is 12.3. The molecule has 0 saturated carbocycles. The minimum atomic E-state index is -6.21. The minimum absolute atomic E-state index is 0.0815. The van der Waals surface area contributed by atoms with E-state index in [2.05, 4.69) is 10.3 Å². The van der Waals surface area contributed by atoms with Gasteiger partial charge >= 0.3 is 12.4 Å². The zero-order chi connectivity index (χ0) is 30.1. The van der Waals surface area contributed by atoms with Crippen LogP contribution in [-0.4, -0.2) is 81.7 Å². The fraction of sp³-hybridized carbons (Fsp3) is 0.500. The lowest BCUT2D eigenvalue weighted by atomic mass is 9.91. The molecule has 3 saturated heterocycles. The molecule has 1 aromatic carbocycles. The summed E-state index contributed by atoms with van der Waals surface area (Å²) in [6.45, 7) is 0.0474. The van der Waals surface area contributed by atoms with Crippen LogP contribution in [-0.2, 0) is 10.4 Å². The third-order valence-electron chi connectivity index (χ3n) is 7.56. The maximum Gasteiger partial charge on any atom is 0.430 e. The van der Waals surface area contributed by atoms with E-state index in [0.29, 0.717) is 17.4 Å². The predicted molar refractivity (Wildman–Crippen MR) is 135 cm³/mol. The number of carbonyl (C=O) groups is 3. The Labute approximate surface area is 242 Å². The molecule has 3 aliphatic rings. The van der Waals surface area contributed by atoms with Crippen molar-refractivity contribution in [2.24, 2.45) is 0 Å². The van der Waals surface area contributed by atoms with Crippen molar-refractivity contribution in [2.45, 2.75) is 55.7 Å². The van der Waals surface area contributed by atoms with Gasteiger partial charge in [-0.15, -0.1) is 11.3 Å². The Kier molecular flexibility index (Phi) is 7.48. The van der Waals surface area contributed by atoms with E-state index in [-0.39, 0.29) is 52.9 Å². The van der Waals surface area contributed by atoms with Crippen molar-refractivity contribution in [1.82, 2.24) is 20.1 Å². The van der Waals surface area contributed by atoms with Crippen LogP contribution in [0.15, 0.2) is 12.1 Å². The Morgan fingerprint density at radius 3 is 2.10 bits per heavy atom. The van der Waals surface area contributed by atoms with Crippen molar-refractivity contribution >= 4 is 52.3 Å². The highest BCUT2D eigenvalue weighted by molar-refractivity contribution is 7.17. The number of hydrogen-bond acceptors (Lipinski definition) is 6. The molecule has 3 aliphatic heterocycles. The van der Waals surface area contributed by atoms with Crippen LogP contribution in [0.1, 0.15) is 51.5 Å². The van der Waals surface area contributed by atoms with Crippen LogP contribution in [0.4, 0.5) is 26.3 Å². The van der Waals surface area contributed by atoms with E-state index >= 15 is 0 Å². The number of aliphatic hydroxyl groups is 1. The molecule has 3 fully saturated rings. The summed E-state index contributed by atoms with van der Waals surface area (Å²) in [6.07, 6.45) is -9.42. The average Bonchev–Trinajstić information content (AvgIpc) is 3.62. The first-order valence-corrected chi connectivity index (χ1v) is 13.9. The van der Waals surface area contributed by atoms with Gasteiger partial charge in [0.15, 0.2) is 5.01 Å². The molecule has 0 unspecified atom stereocenters. The topological polar surface area (TPSA) is 103 Å². The zero-order valence-corrected chi connectivity index (χ0v) is 23.0. The second-order valence-corrected chi connectivity index (χ2v) is 11.7. The van der Waals surface area contributed by atoms with E-state index in [4.69, 9.17) is 23.2 Å². The van der Waals surface area contributed by atoms with E-state index in [0.717, 1.165) is 31.7 Å². The molecule has 3 amide bonds. The quantitative estimate of drug-likeness (QED) is 0.467. The molecule has 2 N–H and O–H groups in total. The fourth-order valence-electron chi connectivity index (χ4n) is 5.52. The number of rotatable bonds is 4. The number of aromatic nitrogens is 1. The van der Waals surface area contributed by atoms with E-state index < -0.39 is 51.3 Å². The van der Waals surface area contributed by atoms with Crippen molar-refractivity contribution in [2.75, 3.05) is 19.6 Å². The fourth-order valence-corrected chi connectivity index (χ4v) is 7.20. The molecule has 17 heteroatoms. The molecule has 41 heavy (non-hydrogen) atoms. The highest BCUT2D eigenvalue weighted by Gasteiger charge is 2.72. The lowest BCUT2D eigenvalue weighted by Crippen LogP contribution is -2.54. The van der Waals surface area contributed by atoms with Crippen molar-refractivity contribution in [3.63, 3.8) is 0 Å². The van der Waals surface area contributed by atoms with Crippen LogP contribution in [0.2, 0.25) is 10.0 Å². The van der Waals surface area contributed by atoms with E-state index in [1.54, 1.807) is 4.90 Å². The number of alkyl halides is 6. The number of amides is 3. The highest BCUT2D eigenvalue weighted by atomic mass is 35.5. The largest absolute Gasteiger partial charge is 0.430 e. The minimum Gasteiger partial charge on any atom is -0.369 e. The molecular formula is C24H20Cl2F6N4O4S. The summed E-state index contributed by atoms with van der Waals surface area (Å²) in [5.41, 5.74) is -7.62. The van der Waals surface area contributed by atoms with E-state index in [1.807, 2.05) is 0 Å². The molecule has 1 aromatic heterocycles. The molecule has 0 radical (unpaired) electrons. The van der Waals surface area contributed by atoms with Crippen molar-refractivity contribution < 1.29 is 45.8 Å². The van der Waals surface area contributed by atoms with Gasteiger partial charge in [0.1, 0.15) is 5.69 Å². The maximum atomic E-state index is 13.7. The lowest BCUT2D eigenvalue weighted by molar-refractivity contribution is -0.376. The normalized spacial score (nSPS) is 21.4. The number of nitrogens with one attached hydrogen (secondary N) is 1. The summed E-state index contributed by atoms with van der Waals surface area (Å²) in [6, 6.07) is 0.926. The first-order chi connectivity index (χ1) is 19.1. The van der Waals surface area contributed by atoms with Crippen LogP contribution in [0, 0.1) is 0 Å². The third kappa shape index (κ3) is 4.83. The molecular weight excluding hydrogens is 625 g/mol. The molecule has 5 rings (SSSR count). The van der Waals surface area contributed by atoms with Gasteiger partial charge in [0.2, 0.25) is 5.91 Å². The summed E-state index contributed by atoms with van der Waals surface area (Å²) < 4.78 is 81.2. The number of hydrogen-bond donors (Lipinski definition) is 2. The maximum absolute atomic E-state index is 13.7. The summed E-state index contributed by atoms with van der Waals surface area (Å²) in [5, 5.41) is 10.1. The predicted octanol–water partition coefficient (Wildman–Crippen LogP) is 4.77. The lowest BCUT2D eigenvalue weighted by Gasteiger charge is -2.33. The van der Waals surface area contributed by atoms with Crippen LogP contribution in [0.3, 0.4) is 0 Å². The summed E-state index contributed by atoms with van der Waals surface area (Å²) in [7, 11) is 0. The number of carbonyl (C=O) groups excluding carboxylic acids is 3. The monoisotopic (exact) mass is 644 g/mol. The summed E-state index contributed by atoms with van der Waals surface area (Å²) in [4.78, 5) is 45.7. The molecule has 222 valence electrons. The Morgan fingerprint density at radius 1 is 0.976 bits per heavy atom. The number of piperazine rings is 1. The molecule has 4 heterocycles. The second kappa shape index (κ2) is 10.3. The van der Waals surface area contributed by atoms with Gasteiger partial charge < -0.3 is 20.2 Å². The van der Waals surface area contributed by atoms with Crippen molar-refractivity contribution in [3.8, 4) is 10.4 Å². The molecule has 2 aromatic rings. The van der Waals surface area contributed by atoms with Crippen LogP contribution >= 0.6 is 34.5 Å². The van der Waals surface area contributed by atoms with Gasteiger partial charge in [0, 0.05) is 36.3 Å². The van der Waals surface area contributed by atoms with Crippen LogP contribution in [0.25, 0.3) is 10.4 Å². The van der Waals surface area contributed by atoms with Gasteiger partial charge in [-0.3, -0.25) is 14.4 Å². The smallest absolute Gasteiger partial charge is 0.369 e. The molecule has 8 nitrogen and oxygen atoms in total. The molecule has 0 aliphatic carbocycles. The van der Waals surface area contributed by atoms with Gasteiger partial charge in [-0.25, -0.2) is 4.98 Å². The van der Waals surface area contributed by atoms with Crippen molar-refractivity contribution in [3.05, 3.63) is 38.4 Å². The first kappa shape index (κ1) is 29.9. The van der Waals surface area contributed by atoms with Gasteiger partial charge in [-0.1, -0.05) is 35.3 Å². The summed E-state index contributed by atoms with van der Waals surface area (Å²) >= 11 is 12.8. The zero-order valence-electron chi connectivity index (χ0n) is 20.7. The SMILES string of the molecule is O=C1CN(C(=O)c2nc(C(=O)N3C4CCC3CC4)c(-c3ccc(C(O)(C(F)(F)F)C(F)(F)F)c(Cl)c3Cl)s2)CCN1. The number of nitrogens with zero attached hydrogens (tertiary/aromatic N) is 3. The van der Waals surface area contributed by atoms with Crippen molar-refractivity contribution in [1.29, 1.82) is 0 Å². The average molecular weight is 645 g/mol. The molecule has 2 bridgehead atoms. The van der Waals surface area contributed by atoms with Gasteiger partial charge in [0.25, 0.3) is 17.4 Å². The Bertz CT molecular complexity index is 1400. The highest BCUT2D eigenvalue weighted by Crippen LogP contribution is 2.54. The van der Waals surface area contributed by atoms with E-state index in [9.17, 15) is 45.8 Å². The number of thiazole rings is 1. The number of benzene rings is 1. The van der Waals surface area contributed by atoms with Crippen LogP contribution < -0.4 is 5.32 Å². The Morgan fingerprint density at radius 2 is 1.56 bits per heavy atom. The van der Waals surface area contributed by atoms with Crippen LogP contribution in [0.5, 0.6) is 0 Å². The second-order valence-electron chi connectivity index (χ2n) is 9.94. The van der Waals surface area contributed by atoms with Gasteiger partial charge in [-0.05, 0) is 25.7 Å². The Hall–Kier alpha value is -2.62. The van der Waals surface area contributed by atoms with Gasteiger partial charge in [-0.2, -0.15) is 26.3 Å². The van der Waals surface area contributed by atoms with E-state index in [1.165, 1.54) is 4.90 Å². The third-order valence-corrected chi connectivity index (χ3v) is 9.52. The molecule has 0 atom stereocenters. The molecule has 0 spiro atoms. The number of fused-ring (bicyclic) bond motifs is 2. The standard InChI is InChI=1S/C24H20Cl2F6N4O4S/c25-15-12(5-6-13(16(15)26)22(40,23(27,28)29)24(30,31)32)18-17(20(38)36-10-1-2-11(36)4-3-10)34-19(41-18)21(39)35-8-7-33-14(37)9-35/h5-6,10-11,40H,1-4,7-9H2,(H,33,37). The Balaban J connectivity index is 1.63.